The summed E-state index contributed by atoms with van der Waals surface area (Å²) in [6.07, 6.45) is 1.98. The van der Waals surface area contributed by atoms with Crippen LogP contribution in [0.25, 0.3) is 10.2 Å². The second kappa shape index (κ2) is 2.81. The molecule has 0 saturated heterocycles. The highest BCUT2D eigenvalue weighted by Crippen LogP contribution is 2.26. The number of hydrogen-bond acceptors (Lipinski definition) is 2. The van der Waals surface area contributed by atoms with E-state index < -0.39 is 0 Å². The second-order valence-corrected chi connectivity index (χ2v) is 5.23. The van der Waals surface area contributed by atoms with Gasteiger partial charge in [0.2, 0.25) is 0 Å². The fraction of sp³-hybridized carbons (Fsp3) is 0.364. The molecular weight excluding hydrogens is 178 g/mol. The molecule has 1 nitrogen and oxygen atoms in total. The quantitative estimate of drug-likeness (QED) is 0.620. The Morgan fingerprint density at radius 3 is 2.77 bits per heavy atom. The summed E-state index contributed by atoms with van der Waals surface area (Å²) in [5.74, 6) is 0. The van der Waals surface area contributed by atoms with Gasteiger partial charge in [-0.05, 0) is 28.5 Å². The van der Waals surface area contributed by atoms with E-state index in [4.69, 9.17) is 0 Å². The zero-order valence-electron chi connectivity index (χ0n) is 8.16. The lowest BCUT2D eigenvalue weighted by atomic mass is 9.88. The fourth-order valence-electron chi connectivity index (χ4n) is 1.26. The number of aromatic nitrogens is 1. The van der Waals surface area contributed by atoms with Crippen LogP contribution < -0.4 is 0 Å². The van der Waals surface area contributed by atoms with E-state index in [0.29, 0.717) is 0 Å². The topological polar surface area (TPSA) is 12.9 Å². The van der Waals surface area contributed by atoms with Crippen molar-refractivity contribution in [3.8, 4) is 0 Å². The van der Waals surface area contributed by atoms with Gasteiger partial charge in [-0.15, -0.1) is 11.3 Å². The molecule has 13 heavy (non-hydrogen) atoms. The van der Waals surface area contributed by atoms with Crippen LogP contribution >= 0.6 is 11.3 Å². The van der Waals surface area contributed by atoms with Crippen LogP contribution in [0, 0.1) is 0 Å². The average Bonchev–Trinajstić information content (AvgIpc) is 2.47. The van der Waals surface area contributed by atoms with E-state index in [-0.39, 0.29) is 5.41 Å². The Morgan fingerprint density at radius 2 is 2.08 bits per heavy atom. The maximum Gasteiger partial charge on any atom is 0.0809 e. The molecule has 2 heteroatoms. The highest BCUT2D eigenvalue weighted by Gasteiger charge is 2.14. The van der Waals surface area contributed by atoms with Gasteiger partial charge in [-0.3, -0.25) is 4.98 Å². The van der Waals surface area contributed by atoms with Gasteiger partial charge in [0, 0.05) is 6.20 Å². The molecule has 0 aliphatic rings. The largest absolute Gasteiger partial charge is 0.255 e. The molecule has 0 unspecified atom stereocenters. The molecule has 0 radical (unpaired) electrons. The molecule has 0 bridgehead atoms. The summed E-state index contributed by atoms with van der Waals surface area (Å²) in [5, 5.41) is 2.09. The Labute approximate surface area is 82.4 Å². The summed E-state index contributed by atoms with van der Waals surface area (Å²) in [6, 6.07) is 4.30. The van der Waals surface area contributed by atoms with Crippen molar-refractivity contribution in [3.05, 3.63) is 29.3 Å². The molecule has 0 atom stereocenters. The van der Waals surface area contributed by atoms with Gasteiger partial charge < -0.3 is 0 Å². The molecule has 68 valence electrons. The van der Waals surface area contributed by atoms with Crippen LogP contribution in [0.1, 0.15) is 26.3 Å². The summed E-state index contributed by atoms with van der Waals surface area (Å²) in [5.41, 5.74) is 2.62. The van der Waals surface area contributed by atoms with Gasteiger partial charge in [0.1, 0.15) is 0 Å². The Balaban J connectivity index is 2.61. The molecule has 0 fully saturated rings. The molecule has 0 amide bonds. The highest BCUT2D eigenvalue weighted by molar-refractivity contribution is 7.17. The van der Waals surface area contributed by atoms with E-state index in [9.17, 15) is 0 Å². The smallest absolute Gasteiger partial charge is 0.0809 e. The third kappa shape index (κ3) is 1.59. The molecule has 0 spiro atoms. The molecule has 0 aliphatic carbocycles. The van der Waals surface area contributed by atoms with Gasteiger partial charge in [-0.25, -0.2) is 0 Å². The first-order valence-electron chi connectivity index (χ1n) is 4.41. The molecular formula is C11H13NS. The lowest BCUT2D eigenvalue weighted by molar-refractivity contribution is 0.589. The van der Waals surface area contributed by atoms with Crippen molar-refractivity contribution in [1.29, 1.82) is 0 Å². The molecule has 0 aliphatic heterocycles. The van der Waals surface area contributed by atoms with Gasteiger partial charge in [0.25, 0.3) is 0 Å². The predicted molar refractivity (Wildman–Crippen MR) is 58.3 cm³/mol. The first-order valence-corrected chi connectivity index (χ1v) is 5.29. The molecule has 2 heterocycles. The zero-order valence-corrected chi connectivity index (χ0v) is 8.98. The molecule has 0 saturated carbocycles. The van der Waals surface area contributed by atoms with Crippen molar-refractivity contribution in [2.24, 2.45) is 0 Å². The number of fused-ring (bicyclic) bond motifs is 1. The summed E-state index contributed by atoms with van der Waals surface area (Å²) < 4.78 is 1.28. The Hall–Kier alpha value is -0.890. The zero-order chi connectivity index (χ0) is 9.47. The summed E-state index contributed by atoms with van der Waals surface area (Å²) >= 11 is 1.76. The maximum absolute atomic E-state index is 4.42. The van der Waals surface area contributed by atoms with Crippen LogP contribution in [0.3, 0.4) is 0 Å². The molecule has 2 aromatic rings. The summed E-state index contributed by atoms with van der Waals surface area (Å²) in [7, 11) is 0. The van der Waals surface area contributed by atoms with Crippen LogP contribution in [0.2, 0.25) is 0 Å². The van der Waals surface area contributed by atoms with Gasteiger partial charge in [-0.2, -0.15) is 0 Å². The molecule has 2 rings (SSSR count). The fourth-order valence-corrected chi connectivity index (χ4v) is 2.04. The van der Waals surface area contributed by atoms with Crippen molar-refractivity contribution in [2.75, 3.05) is 0 Å². The Bertz CT molecular complexity index is 423. The van der Waals surface area contributed by atoms with E-state index in [2.05, 4.69) is 43.3 Å². The third-order valence-corrected chi connectivity index (χ3v) is 3.02. The minimum atomic E-state index is 0.200. The lowest BCUT2D eigenvalue weighted by Gasteiger charge is -2.17. The number of rotatable bonds is 0. The average molecular weight is 191 g/mol. The van der Waals surface area contributed by atoms with Gasteiger partial charge in [-0.1, -0.05) is 20.8 Å². The van der Waals surface area contributed by atoms with Crippen molar-refractivity contribution in [2.45, 2.75) is 26.2 Å². The normalized spacial score (nSPS) is 12.2. The standard InChI is InChI=1S/C11H13NS/c1-11(2,3)8-6-10-9(12-7-8)4-5-13-10/h4-7H,1-3H3. The molecule has 2 aromatic heterocycles. The summed E-state index contributed by atoms with van der Waals surface area (Å²) in [6.45, 7) is 6.64. The number of hydrogen-bond donors (Lipinski definition) is 0. The van der Waals surface area contributed by atoms with Crippen LogP contribution in [0.15, 0.2) is 23.7 Å². The minimum Gasteiger partial charge on any atom is -0.255 e. The van der Waals surface area contributed by atoms with Crippen LogP contribution in [-0.2, 0) is 5.41 Å². The first-order chi connectivity index (χ1) is 6.07. The monoisotopic (exact) mass is 191 g/mol. The predicted octanol–water partition coefficient (Wildman–Crippen LogP) is 3.59. The number of thiophene rings is 1. The number of pyridine rings is 1. The van der Waals surface area contributed by atoms with Gasteiger partial charge in [0.05, 0.1) is 10.2 Å². The van der Waals surface area contributed by atoms with E-state index in [0.717, 1.165) is 5.52 Å². The van der Waals surface area contributed by atoms with Crippen LogP contribution in [0.5, 0.6) is 0 Å². The van der Waals surface area contributed by atoms with Crippen molar-refractivity contribution < 1.29 is 0 Å². The van der Waals surface area contributed by atoms with Gasteiger partial charge >= 0.3 is 0 Å². The van der Waals surface area contributed by atoms with Crippen LogP contribution in [-0.4, -0.2) is 4.98 Å². The number of nitrogens with zero attached hydrogens (tertiary/aromatic N) is 1. The van der Waals surface area contributed by atoms with E-state index in [1.165, 1.54) is 10.3 Å². The first kappa shape index (κ1) is 8.70. The van der Waals surface area contributed by atoms with Gasteiger partial charge in [0.15, 0.2) is 0 Å². The maximum atomic E-state index is 4.42. The highest BCUT2D eigenvalue weighted by atomic mass is 32.1. The van der Waals surface area contributed by atoms with E-state index >= 15 is 0 Å². The van der Waals surface area contributed by atoms with Crippen LogP contribution in [0.4, 0.5) is 0 Å². The molecule has 0 aromatic carbocycles. The summed E-state index contributed by atoms with van der Waals surface area (Å²) in [4.78, 5) is 4.42. The van der Waals surface area contributed by atoms with E-state index in [1.54, 1.807) is 11.3 Å². The van der Waals surface area contributed by atoms with E-state index in [1.807, 2.05) is 6.20 Å². The SMILES string of the molecule is CC(C)(C)c1cnc2ccsc2c1. The lowest BCUT2D eigenvalue weighted by Crippen LogP contribution is -2.10. The Kier molecular flexibility index (Phi) is 1.88. The van der Waals surface area contributed by atoms with Crippen molar-refractivity contribution >= 4 is 21.6 Å². The third-order valence-electron chi connectivity index (χ3n) is 2.17. The minimum absolute atomic E-state index is 0.200. The van der Waals surface area contributed by atoms with Crippen molar-refractivity contribution in [3.63, 3.8) is 0 Å². The molecule has 0 N–H and O–H groups in total. The second-order valence-electron chi connectivity index (χ2n) is 4.28. The van der Waals surface area contributed by atoms with Crippen molar-refractivity contribution in [1.82, 2.24) is 4.98 Å². The Morgan fingerprint density at radius 1 is 1.31 bits per heavy atom.